The SMILES string of the molecule is CC(Oc1ccccc1[CH]=[Ru]([Cl])[Cl])C(=O)N1CCCC1.CC=Cc1ccccc1OC(C)C(=O)N1CCCC1.CS(=O)(=O)N1[CH-]N(S(C)(=O)=O)CC1.Cc1cc(C)c(N2[CH-]N(c3c(C)cc(C)cc3C)CC2)c(C)c1.[Cl][Ru]([Cl])=[C]1C=C(c2ccccc2)c2ccccc21.c1ccncc1. The summed E-state index contributed by atoms with van der Waals surface area (Å²) >= 11 is -3.79. The quantitative estimate of drug-likeness (QED) is 0.0801. The van der Waals surface area contributed by atoms with Crippen LogP contribution in [0.4, 0.5) is 11.4 Å². The maximum Gasteiger partial charge on any atom is 0.0267 e. The van der Waals surface area contributed by atoms with E-state index in [1.807, 2.05) is 131 Å². The number of para-hydroxylation sites is 2. The van der Waals surface area contributed by atoms with Gasteiger partial charge in [-0.2, -0.15) is 13.3 Å². The van der Waals surface area contributed by atoms with Gasteiger partial charge < -0.3 is 28.0 Å². The number of sulfonamides is 2. The van der Waals surface area contributed by atoms with Crippen molar-refractivity contribution in [3.05, 3.63) is 245 Å². The Kier molecular flexibility index (Phi) is 31.6. The summed E-state index contributed by atoms with van der Waals surface area (Å²) < 4.78 is 60.5. The predicted octanol–water partition coefficient (Wildman–Crippen LogP) is 15.5. The largest absolute Gasteiger partial charge is 0.265 e. The number of aryl methyl sites for hydroxylation is 6. The van der Waals surface area contributed by atoms with Crippen molar-refractivity contribution in [2.45, 2.75) is 100 Å². The molecule has 0 spiro atoms. The first kappa shape index (κ1) is 80.4. The number of ether oxygens (including phenoxy) is 2. The maximum atomic E-state index is 12.2. The van der Waals surface area contributed by atoms with E-state index in [9.17, 15) is 26.4 Å². The number of amides is 2. The standard InChI is InChI=1S/C21H27N2.C16H21NO2.C15H10.C14H17NO2.C5H11N2O4S2.C5H5N.4ClH.2Ru/c1-14-9-16(3)20(17(4)10-14)22-7-8-23(13-22)21-18(5)11-15(2)12-19(21)6;1-3-8-14-9-4-5-10-15(14)19-13(2)16(18)17-11-6-7-12-17;1-2-6-12(7-3-1)15-11-10-13-8-4-5-9-14(13)15;1-11-7-3-4-8-13(11)17-12(2)14(16)15-9-5-6-10-15;1-12(8,9)6-3-4-7(5-6)13(2,10)11;1-2-4-6-5-3-1;;;;;;/h9-13H,7-8H2,1-6H3;3-5,8-10,13H,6-7,11-12H2,1-2H3;1-9,11H;1,3-4,7-8,12H,5-6,9-10H2,2H3;5H,3-4H2,1-2H3;1-5H;4*1H;;/q-1;;;;-1;;;;;;2*+2/p-4. The Balaban J connectivity index is 0.000000172. The monoisotopic (exact) mass is 1640 g/mol. The molecule has 0 bridgehead atoms. The van der Waals surface area contributed by atoms with Gasteiger partial charge in [-0.15, -0.1) is 0 Å². The number of benzene rings is 6. The molecule has 15 nitrogen and oxygen atoms in total. The van der Waals surface area contributed by atoms with Crippen LogP contribution in [0.5, 0.6) is 11.5 Å². The van der Waals surface area contributed by atoms with Crippen LogP contribution in [0, 0.1) is 54.9 Å². The molecule has 2 amide bonds. The average molecular weight is 1640 g/mol. The van der Waals surface area contributed by atoms with Crippen LogP contribution in [0.3, 0.4) is 0 Å². The molecule has 0 radical (unpaired) electrons. The summed E-state index contributed by atoms with van der Waals surface area (Å²) in [6, 6.07) is 48.8. The van der Waals surface area contributed by atoms with E-state index in [4.69, 9.17) is 48.2 Å². The zero-order valence-corrected chi connectivity index (χ0v) is 66.2. The Morgan fingerprint density at radius 1 is 0.525 bits per heavy atom. The van der Waals surface area contributed by atoms with E-state index in [2.05, 4.69) is 124 Å². The number of nitrogens with zero attached hydrogens (tertiary/aromatic N) is 7. The third-order valence-corrected chi connectivity index (χ3v) is 23.6. The van der Waals surface area contributed by atoms with Gasteiger partial charge in [0, 0.05) is 55.5 Å². The van der Waals surface area contributed by atoms with Crippen LogP contribution >= 0.6 is 38.8 Å². The molecule has 5 aliphatic rings. The zero-order valence-electron chi connectivity index (χ0n) is 58.0. The van der Waals surface area contributed by atoms with E-state index in [-0.39, 0.29) is 24.9 Å². The Bertz CT molecular complexity index is 4050. The third-order valence-electron chi connectivity index (χ3n) is 16.4. The third kappa shape index (κ3) is 24.1. The van der Waals surface area contributed by atoms with Crippen molar-refractivity contribution in [2.24, 2.45) is 0 Å². The van der Waals surface area contributed by atoms with E-state index < -0.39 is 59.3 Å². The molecule has 4 aliphatic heterocycles. The number of likely N-dealkylation sites (tertiary alicyclic amines) is 2. The van der Waals surface area contributed by atoms with Gasteiger partial charge in [-0.3, -0.25) is 9.78 Å². The van der Waals surface area contributed by atoms with Crippen LogP contribution in [0.1, 0.15) is 108 Å². The second-order valence-electron chi connectivity index (χ2n) is 24.3. The number of carbonyl (C=O) groups excluding carboxylic acids is 2. The molecule has 23 heteroatoms. The van der Waals surface area contributed by atoms with E-state index in [0.29, 0.717) is 5.75 Å². The van der Waals surface area contributed by atoms with Crippen LogP contribution in [-0.2, 0) is 56.7 Å². The number of pyridine rings is 1. The summed E-state index contributed by atoms with van der Waals surface area (Å²) in [4.78, 5) is 36.8. The van der Waals surface area contributed by atoms with Crippen molar-refractivity contribution in [1.29, 1.82) is 0 Å². The minimum Gasteiger partial charge on any atom is -0.265 e. The Labute approximate surface area is 614 Å². The Hall–Kier alpha value is -5.94. The summed E-state index contributed by atoms with van der Waals surface area (Å²) in [6.07, 6.45) is 15.1. The number of anilines is 2. The van der Waals surface area contributed by atoms with Gasteiger partial charge in [0.1, 0.15) is 5.75 Å². The molecule has 2 unspecified atom stereocenters. The molecule has 6 aromatic carbocycles. The van der Waals surface area contributed by atoms with E-state index in [1.54, 1.807) is 19.3 Å². The number of hydrogen-bond acceptors (Lipinski definition) is 11. The molecule has 7 aromatic rings. The van der Waals surface area contributed by atoms with E-state index in [0.717, 1.165) is 114 Å². The molecule has 1 aromatic heterocycles. The van der Waals surface area contributed by atoms with Gasteiger partial charge in [0.05, 0.1) is 12.5 Å². The first-order chi connectivity index (χ1) is 47.1. The van der Waals surface area contributed by atoms with Crippen LogP contribution in [-0.4, -0.2) is 138 Å². The van der Waals surface area contributed by atoms with Crippen molar-refractivity contribution in [3.8, 4) is 11.5 Å². The topological polar surface area (TPSA) is 153 Å². The Morgan fingerprint density at radius 2 is 0.929 bits per heavy atom. The first-order valence-corrected chi connectivity index (χ1v) is 47.1. The normalized spacial score (nSPS) is 16.0. The molecule has 1 aliphatic carbocycles. The number of hydrogen-bond donors (Lipinski definition) is 0. The molecule has 0 saturated carbocycles. The molecule has 5 heterocycles. The van der Waals surface area contributed by atoms with Gasteiger partial charge in [-0.05, 0) is 122 Å². The van der Waals surface area contributed by atoms with Crippen molar-refractivity contribution in [1.82, 2.24) is 23.4 Å². The fraction of sp³-hybridized carbons (Fsp3) is 0.329. The second-order valence-corrected chi connectivity index (χ2v) is 39.7. The first-order valence-electron chi connectivity index (χ1n) is 32.6. The second kappa shape index (κ2) is 38.9. The molecule has 12 rings (SSSR count). The number of halogens is 4. The molecular weight excluding hydrogens is 1550 g/mol. The number of rotatable bonds is 13. The van der Waals surface area contributed by atoms with Gasteiger partial charge in [0.15, 0.2) is 26.2 Å². The zero-order chi connectivity index (χ0) is 72.0. The Morgan fingerprint density at radius 3 is 1.32 bits per heavy atom. The van der Waals surface area contributed by atoms with Crippen LogP contribution in [0.2, 0.25) is 0 Å². The van der Waals surface area contributed by atoms with Gasteiger partial charge in [-0.1, -0.05) is 71.8 Å². The summed E-state index contributed by atoms with van der Waals surface area (Å²) in [7, 11) is 17.6. The predicted molar refractivity (Wildman–Crippen MR) is 404 cm³/mol. The van der Waals surface area contributed by atoms with Crippen molar-refractivity contribution in [3.63, 3.8) is 0 Å². The number of fused-ring (bicyclic) bond motifs is 1. The van der Waals surface area contributed by atoms with Gasteiger partial charge in [0.2, 0.25) is 0 Å². The number of carbonyl (C=O) groups is 2. The summed E-state index contributed by atoms with van der Waals surface area (Å²) in [5.74, 6) is 1.56. The fourth-order valence-electron chi connectivity index (χ4n) is 12.1. The number of aromatic nitrogens is 1. The minimum atomic E-state index is -3.32. The molecule has 536 valence electrons. The molecule has 99 heavy (non-hydrogen) atoms. The molecule has 2 atom stereocenters. The van der Waals surface area contributed by atoms with E-state index >= 15 is 0 Å². The van der Waals surface area contributed by atoms with Crippen molar-refractivity contribution in [2.75, 3.05) is 74.7 Å². The molecule has 0 N–H and O–H groups in total. The maximum absolute atomic E-state index is 12.2. The van der Waals surface area contributed by atoms with Crippen molar-refractivity contribution >= 4 is 102 Å². The van der Waals surface area contributed by atoms with E-state index in [1.165, 1.54) is 67.0 Å². The molecule has 4 fully saturated rings. The average Bonchev–Trinajstić information content (AvgIpc) is 1.66. The molecular formula is C76H91Cl4N7O8Ru2S2-2. The summed E-state index contributed by atoms with van der Waals surface area (Å²) in [5, 5.41) is 0. The van der Waals surface area contributed by atoms with Crippen molar-refractivity contribution < 1.29 is 62.9 Å². The van der Waals surface area contributed by atoms with Gasteiger partial charge >= 0.3 is 252 Å². The van der Waals surface area contributed by atoms with Gasteiger partial charge in [0.25, 0.3) is 5.91 Å². The minimum absolute atomic E-state index is 0.0447. The van der Waals surface area contributed by atoms with Crippen LogP contribution < -0.4 is 19.3 Å². The molecule has 4 saturated heterocycles. The summed E-state index contributed by atoms with van der Waals surface area (Å²) in [5.41, 5.74) is 17.6. The summed E-state index contributed by atoms with van der Waals surface area (Å²) in [6.45, 7) is 28.0. The number of allylic oxidation sites excluding steroid dienone is 2. The van der Waals surface area contributed by atoms with Crippen LogP contribution in [0.15, 0.2) is 170 Å². The fourth-order valence-corrected chi connectivity index (χ4v) is 17.8. The van der Waals surface area contributed by atoms with Gasteiger partial charge in [-0.25, -0.2) is 16.8 Å². The van der Waals surface area contributed by atoms with Crippen LogP contribution in [0.25, 0.3) is 11.6 Å². The smallest absolute Gasteiger partial charge is 0.0267 e.